The molecule has 0 heterocycles. The molecule has 0 radical (unpaired) electrons. The first-order valence-electron chi connectivity index (χ1n) is 18.6. The van der Waals surface area contributed by atoms with Crippen LogP contribution in [0, 0.1) is 0 Å². The molecule has 0 aliphatic carbocycles. The summed E-state index contributed by atoms with van der Waals surface area (Å²) in [6.45, 7) is 0. The third-order valence-corrected chi connectivity index (χ3v) is 12.5. The van der Waals surface area contributed by atoms with Gasteiger partial charge in [0.05, 0.1) is 0 Å². The minimum Gasteiger partial charge on any atom is -0.200 e. The molecule has 3 rings (SSSR count). The van der Waals surface area contributed by atoms with Crippen molar-refractivity contribution >= 4 is 23.8 Å². The van der Waals surface area contributed by atoms with Crippen molar-refractivity contribution in [2.24, 2.45) is 0 Å². The van der Waals surface area contributed by atoms with Gasteiger partial charge in [0.15, 0.2) is 0 Å². The number of hydrogen-bond acceptors (Lipinski definition) is 0. The lowest BCUT2D eigenvalue weighted by atomic mass is 9.97. The number of hydrogen-bond donors (Lipinski definition) is 0. The Morgan fingerprint density at radius 1 is 0.254 bits per heavy atom. The van der Waals surface area contributed by atoms with Crippen LogP contribution in [0.1, 0.15) is 55.2 Å². The highest BCUT2D eigenvalue weighted by molar-refractivity contribution is 7.79. The maximum Gasteiger partial charge on any atom is 0.460 e. The molecule has 28 heteroatoms. The van der Waals surface area contributed by atoms with Gasteiger partial charge in [-0.1, -0.05) is 72.8 Å². The van der Waals surface area contributed by atoms with Gasteiger partial charge in [-0.15, -0.1) is 0 Å². The molecule has 3 aromatic carbocycles. The second-order valence-electron chi connectivity index (χ2n) is 14.9. The highest BCUT2D eigenvalue weighted by Crippen LogP contribution is 2.57. The van der Waals surface area contributed by atoms with E-state index in [0.29, 0.717) is 0 Å². The van der Waals surface area contributed by atoms with Gasteiger partial charge >= 0.3 is 71.8 Å². The van der Waals surface area contributed by atoms with Gasteiger partial charge in [-0.2, -0.15) is 119 Å². The Kier molecular flexibility index (Phi) is 16.5. The Hall–Kier alpha value is -3.80. The van der Waals surface area contributed by atoms with Crippen LogP contribution >= 0.6 is 7.92 Å². The van der Waals surface area contributed by atoms with E-state index in [2.05, 4.69) is 0 Å². The molecule has 0 aromatic heterocycles. The minimum absolute atomic E-state index is 0.0249. The van der Waals surface area contributed by atoms with Crippen LogP contribution in [-0.4, -0.2) is 71.8 Å². The maximum atomic E-state index is 14.0. The average molecular weight is 1040 g/mol. The van der Waals surface area contributed by atoms with Crippen molar-refractivity contribution in [2.45, 2.75) is 130 Å². The fourth-order valence-corrected chi connectivity index (χ4v) is 8.36. The van der Waals surface area contributed by atoms with E-state index in [1.54, 1.807) is 0 Å². The van der Waals surface area contributed by atoms with Gasteiger partial charge < -0.3 is 0 Å². The van der Waals surface area contributed by atoms with E-state index < -0.39 is 138 Å². The normalized spacial score (nSPS) is 14.9. The summed E-state index contributed by atoms with van der Waals surface area (Å²) >= 11 is 0. The zero-order chi connectivity index (χ0) is 51.9. The molecule has 0 unspecified atom stereocenters. The van der Waals surface area contributed by atoms with Crippen LogP contribution in [0.4, 0.5) is 119 Å². The SMILES string of the molecule is FC(F)(F)C(F)(F)C(F)(F)C(F)(F)CCCc1ccc(P(c2ccc(CCCC(F)(F)C(F)(F)C(F)(F)C(F)(F)F)cc2)c2ccc(CCCC(F)(F)C(F)(F)C(F)(F)C(F)(F)F)cc2)cc1. The molecule has 0 N–H and O–H groups in total. The van der Waals surface area contributed by atoms with Crippen molar-refractivity contribution in [3.8, 4) is 0 Å². The molecular formula is C39H30F27P. The van der Waals surface area contributed by atoms with Crippen LogP contribution in [0.3, 0.4) is 0 Å². The first-order chi connectivity index (χ1) is 29.9. The molecule has 0 spiro atoms. The van der Waals surface area contributed by atoms with Crippen molar-refractivity contribution in [3.05, 3.63) is 89.5 Å². The first-order valence-corrected chi connectivity index (χ1v) is 20.0. The molecule has 0 saturated heterocycles. The Morgan fingerprint density at radius 3 is 0.597 bits per heavy atom. The van der Waals surface area contributed by atoms with Crippen molar-refractivity contribution in [3.63, 3.8) is 0 Å². The van der Waals surface area contributed by atoms with E-state index in [0.717, 1.165) is 0 Å². The molecular weight excluding hydrogens is 1010 g/mol. The number of benzene rings is 3. The van der Waals surface area contributed by atoms with Crippen LogP contribution in [0.5, 0.6) is 0 Å². The van der Waals surface area contributed by atoms with E-state index >= 15 is 0 Å². The number of halogens is 27. The quantitative estimate of drug-likeness (QED) is 0.0737. The summed E-state index contributed by atoms with van der Waals surface area (Å²) in [4.78, 5) is 0. The van der Waals surface area contributed by atoms with Gasteiger partial charge in [0, 0.05) is 19.3 Å². The lowest BCUT2D eigenvalue weighted by Crippen LogP contribution is -2.60. The lowest BCUT2D eigenvalue weighted by Gasteiger charge is -2.33. The highest BCUT2D eigenvalue weighted by Gasteiger charge is 2.83. The molecule has 0 saturated carbocycles. The zero-order valence-electron chi connectivity index (χ0n) is 32.9. The van der Waals surface area contributed by atoms with Crippen LogP contribution in [0.25, 0.3) is 0 Å². The van der Waals surface area contributed by atoms with E-state index in [-0.39, 0.29) is 32.6 Å². The second-order valence-corrected chi connectivity index (χ2v) is 17.2. The molecule has 0 bridgehead atoms. The predicted molar refractivity (Wildman–Crippen MR) is 187 cm³/mol. The van der Waals surface area contributed by atoms with Gasteiger partial charge in [-0.25, -0.2) is 0 Å². The minimum atomic E-state index is -7.11. The standard InChI is InChI=1S/C39H30F27P/c40-28(41,31(46,47)34(52,53)37(58,59)60)19-1-4-22-7-13-25(14-8-22)67(26-15-9-23(10-16-26)5-2-20-29(42,43)32(48,49)35(54,55)38(61,62)63)27-17-11-24(12-18-27)6-3-21-30(44,45)33(50,51)36(56,57)39(64,65)66/h7-18H,1-6,19-21H2. The summed E-state index contributed by atoms with van der Waals surface area (Å²) in [5.74, 6) is -59.5. The summed E-state index contributed by atoms with van der Waals surface area (Å²) in [5.41, 5.74) is 0.0746. The summed E-state index contributed by atoms with van der Waals surface area (Å²) in [7, 11) is -1.92. The smallest absolute Gasteiger partial charge is 0.200 e. The zero-order valence-corrected chi connectivity index (χ0v) is 33.8. The van der Waals surface area contributed by atoms with Crippen LogP contribution in [0.15, 0.2) is 72.8 Å². The Morgan fingerprint density at radius 2 is 0.433 bits per heavy atom. The third-order valence-electron chi connectivity index (χ3n) is 10.1. The summed E-state index contributed by atoms with van der Waals surface area (Å²) < 4.78 is 358. The average Bonchev–Trinajstić information content (AvgIpc) is 3.18. The summed E-state index contributed by atoms with van der Waals surface area (Å²) in [6.07, 6.45) is -32.6. The number of aryl methyl sites for hydroxylation is 3. The molecule has 0 aliphatic rings. The Labute approximate surface area is 361 Å². The molecule has 0 amide bonds. The second kappa shape index (κ2) is 19.2. The van der Waals surface area contributed by atoms with Crippen molar-refractivity contribution in [1.29, 1.82) is 0 Å². The highest BCUT2D eigenvalue weighted by atomic mass is 31.1. The van der Waals surface area contributed by atoms with Gasteiger partial charge in [-0.05, 0) is 79.1 Å². The van der Waals surface area contributed by atoms with Crippen LogP contribution in [0.2, 0.25) is 0 Å². The van der Waals surface area contributed by atoms with E-state index in [1.807, 2.05) is 0 Å². The molecule has 67 heavy (non-hydrogen) atoms. The molecule has 0 aliphatic heterocycles. The van der Waals surface area contributed by atoms with Gasteiger partial charge in [0.25, 0.3) is 0 Å². The number of rotatable bonds is 21. The topological polar surface area (TPSA) is 0 Å². The van der Waals surface area contributed by atoms with Crippen molar-refractivity contribution < 1.29 is 119 Å². The molecule has 0 fully saturated rings. The predicted octanol–water partition coefficient (Wildman–Crippen LogP) is 14.8. The van der Waals surface area contributed by atoms with Crippen LogP contribution < -0.4 is 15.9 Å². The van der Waals surface area contributed by atoms with Gasteiger partial charge in [0.2, 0.25) is 0 Å². The summed E-state index contributed by atoms with van der Waals surface area (Å²) in [6, 6.07) is 14.6. The Balaban J connectivity index is 1.89. The fraction of sp³-hybridized carbons (Fsp3) is 0.538. The fourth-order valence-electron chi connectivity index (χ4n) is 6.12. The van der Waals surface area contributed by atoms with Crippen LogP contribution in [-0.2, 0) is 19.3 Å². The van der Waals surface area contributed by atoms with Gasteiger partial charge in [-0.3, -0.25) is 0 Å². The van der Waals surface area contributed by atoms with Crippen molar-refractivity contribution in [1.82, 2.24) is 0 Å². The summed E-state index contributed by atoms with van der Waals surface area (Å²) in [5, 5.41) is 0.794. The maximum absolute atomic E-state index is 14.0. The van der Waals surface area contributed by atoms with E-state index in [1.165, 1.54) is 72.8 Å². The molecule has 0 nitrogen and oxygen atoms in total. The molecule has 3 aromatic rings. The van der Waals surface area contributed by atoms with Crippen molar-refractivity contribution in [2.75, 3.05) is 0 Å². The largest absolute Gasteiger partial charge is 0.460 e. The Bertz CT molecular complexity index is 1830. The van der Waals surface area contributed by atoms with E-state index in [9.17, 15) is 119 Å². The van der Waals surface area contributed by atoms with E-state index in [4.69, 9.17) is 0 Å². The monoisotopic (exact) mass is 1040 g/mol. The molecule has 0 atom stereocenters. The number of alkyl halides is 27. The molecule has 380 valence electrons. The third kappa shape index (κ3) is 11.5. The lowest BCUT2D eigenvalue weighted by molar-refractivity contribution is -0.396. The van der Waals surface area contributed by atoms with Gasteiger partial charge in [0.1, 0.15) is 0 Å². The first kappa shape index (κ1) is 57.5.